The Balaban J connectivity index is 2.33. The van der Waals surface area contributed by atoms with Crippen LogP contribution in [0.3, 0.4) is 0 Å². The lowest BCUT2D eigenvalue weighted by molar-refractivity contribution is -0.141. The van der Waals surface area contributed by atoms with Crippen LogP contribution >= 0.6 is 27.7 Å². The lowest BCUT2D eigenvalue weighted by atomic mass is 10.2. The molecule has 2 unspecified atom stereocenters. The van der Waals surface area contributed by atoms with Crippen LogP contribution in [-0.2, 0) is 4.79 Å². The normalized spacial score (nSPS) is 23.1. The molecule has 0 saturated carbocycles. The number of amides is 1. The maximum absolute atomic E-state index is 12.3. The predicted molar refractivity (Wildman–Crippen MR) is 71.5 cm³/mol. The minimum atomic E-state index is -0.979. The number of carboxylic acid groups (broad SMARTS) is 1. The number of pyridine rings is 1. The van der Waals surface area contributed by atoms with Crippen LogP contribution in [0.25, 0.3) is 0 Å². The molecule has 0 radical (unpaired) electrons. The monoisotopic (exact) mass is 330 g/mol. The molecule has 1 aliphatic rings. The number of carbonyl (C=O) groups excluding carboxylic acids is 1. The molecule has 2 rings (SSSR count). The number of hydrogen-bond donors (Lipinski definition) is 1. The third-order valence-electron chi connectivity index (χ3n) is 2.70. The quantitative estimate of drug-likeness (QED) is 0.895. The lowest BCUT2D eigenvalue weighted by Crippen LogP contribution is -2.45. The molecule has 2 atom stereocenters. The summed E-state index contributed by atoms with van der Waals surface area (Å²) in [6.07, 6.45) is 1.52. The number of aliphatic carboxylic acids is 1. The summed E-state index contributed by atoms with van der Waals surface area (Å²) in [7, 11) is 0. The van der Waals surface area contributed by atoms with Crippen LogP contribution in [0.15, 0.2) is 22.8 Å². The van der Waals surface area contributed by atoms with Crippen molar-refractivity contribution in [1.82, 2.24) is 9.88 Å². The van der Waals surface area contributed by atoms with Gasteiger partial charge in [-0.1, -0.05) is 0 Å². The fourth-order valence-electron chi connectivity index (χ4n) is 1.81. The summed E-state index contributed by atoms with van der Waals surface area (Å²) >= 11 is 4.71. The van der Waals surface area contributed by atoms with Gasteiger partial charge in [-0.05, 0) is 35.0 Å². The second-order valence-electron chi connectivity index (χ2n) is 3.83. The summed E-state index contributed by atoms with van der Waals surface area (Å²) in [4.78, 5) is 28.9. The highest BCUT2D eigenvalue weighted by Gasteiger charge is 2.40. The molecule has 5 nitrogen and oxygen atoms in total. The highest BCUT2D eigenvalue weighted by atomic mass is 79.9. The summed E-state index contributed by atoms with van der Waals surface area (Å²) in [5.41, 5.74) is 0.248. The highest BCUT2D eigenvalue weighted by molar-refractivity contribution is 9.10. The van der Waals surface area contributed by atoms with Gasteiger partial charge in [-0.15, -0.1) is 11.8 Å². The van der Waals surface area contributed by atoms with Gasteiger partial charge in [0.2, 0.25) is 0 Å². The van der Waals surface area contributed by atoms with Crippen LogP contribution < -0.4 is 0 Å². The van der Waals surface area contributed by atoms with Gasteiger partial charge in [-0.2, -0.15) is 0 Å². The van der Waals surface area contributed by atoms with E-state index in [-0.39, 0.29) is 17.0 Å². The molecule has 1 fully saturated rings. The van der Waals surface area contributed by atoms with Crippen molar-refractivity contribution in [1.29, 1.82) is 0 Å². The third kappa shape index (κ3) is 2.37. The Labute approximate surface area is 117 Å². The number of aromatic nitrogens is 1. The number of nitrogens with zero attached hydrogens (tertiary/aromatic N) is 2. The third-order valence-corrected chi connectivity index (χ3v) is 4.56. The molecule has 18 heavy (non-hydrogen) atoms. The Morgan fingerprint density at radius 3 is 2.94 bits per heavy atom. The molecule has 96 valence electrons. The maximum Gasteiger partial charge on any atom is 0.327 e. The minimum absolute atomic E-state index is 0.160. The first-order valence-corrected chi connectivity index (χ1v) is 7.14. The van der Waals surface area contributed by atoms with Crippen molar-refractivity contribution in [3.63, 3.8) is 0 Å². The van der Waals surface area contributed by atoms with Crippen LogP contribution in [0.5, 0.6) is 0 Å². The number of carbonyl (C=O) groups is 2. The molecule has 1 aromatic rings. The molecular formula is C11H11BrN2O3S. The minimum Gasteiger partial charge on any atom is -0.480 e. The van der Waals surface area contributed by atoms with Crippen LogP contribution in [0.2, 0.25) is 0 Å². The standard InChI is InChI=1S/C11H11BrN2O3S/c1-6-14(8(5-18-6)11(16)17)10(15)9-7(12)3-2-4-13-9/h2-4,6,8H,5H2,1H3,(H,16,17). The Morgan fingerprint density at radius 1 is 1.61 bits per heavy atom. The average Bonchev–Trinajstić information content (AvgIpc) is 2.71. The molecule has 1 amide bonds. The van der Waals surface area contributed by atoms with E-state index in [1.165, 1.54) is 22.9 Å². The zero-order chi connectivity index (χ0) is 13.3. The van der Waals surface area contributed by atoms with Crippen molar-refractivity contribution in [2.24, 2.45) is 0 Å². The van der Waals surface area contributed by atoms with Crippen molar-refractivity contribution in [3.8, 4) is 0 Å². The Morgan fingerprint density at radius 2 is 2.33 bits per heavy atom. The summed E-state index contributed by atoms with van der Waals surface area (Å²) in [6, 6.07) is 2.63. The molecule has 0 spiro atoms. The predicted octanol–water partition coefficient (Wildman–Crippen LogP) is 1.83. The second-order valence-corrected chi connectivity index (χ2v) is 6.04. The van der Waals surface area contributed by atoms with Crippen LogP contribution in [0, 0.1) is 0 Å². The largest absolute Gasteiger partial charge is 0.480 e. The van der Waals surface area contributed by atoms with Crippen molar-refractivity contribution in [3.05, 3.63) is 28.5 Å². The lowest BCUT2D eigenvalue weighted by Gasteiger charge is -2.24. The van der Waals surface area contributed by atoms with Gasteiger partial charge in [0.15, 0.2) is 0 Å². The highest BCUT2D eigenvalue weighted by Crippen LogP contribution is 2.31. The van der Waals surface area contributed by atoms with Crippen LogP contribution in [0.1, 0.15) is 17.4 Å². The van der Waals surface area contributed by atoms with Gasteiger partial charge >= 0.3 is 5.97 Å². The first-order chi connectivity index (χ1) is 8.52. The number of hydrogen-bond acceptors (Lipinski definition) is 4. The molecule has 0 aromatic carbocycles. The molecule has 0 aliphatic carbocycles. The molecule has 7 heteroatoms. The van der Waals surface area contributed by atoms with E-state index in [1.54, 1.807) is 12.1 Å². The van der Waals surface area contributed by atoms with Gasteiger partial charge in [-0.25, -0.2) is 9.78 Å². The summed E-state index contributed by atoms with van der Waals surface area (Å²) in [6.45, 7) is 1.82. The summed E-state index contributed by atoms with van der Waals surface area (Å²) < 4.78 is 0.572. The van der Waals surface area contributed by atoms with Crippen molar-refractivity contribution in [2.75, 3.05) is 5.75 Å². The van der Waals surface area contributed by atoms with Gasteiger partial charge < -0.3 is 10.0 Å². The van der Waals surface area contributed by atoms with Gasteiger partial charge in [0.05, 0.1) is 5.37 Å². The molecule has 1 saturated heterocycles. The maximum atomic E-state index is 12.3. The first kappa shape index (κ1) is 13.4. The first-order valence-electron chi connectivity index (χ1n) is 5.30. The van der Waals surface area contributed by atoms with E-state index in [9.17, 15) is 9.59 Å². The van der Waals surface area contributed by atoms with Crippen LogP contribution in [0.4, 0.5) is 0 Å². The van der Waals surface area contributed by atoms with Crippen molar-refractivity contribution in [2.45, 2.75) is 18.3 Å². The van der Waals surface area contributed by atoms with Crippen molar-refractivity contribution >= 4 is 39.6 Å². The molecule has 1 N–H and O–H groups in total. The van der Waals surface area contributed by atoms with Gasteiger partial charge in [0, 0.05) is 16.4 Å². The zero-order valence-electron chi connectivity index (χ0n) is 9.54. The smallest absolute Gasteiger partial charge is 0.327 e. The fourth-order valence-corrected chi connectivity index (χ4v) is 3.40. The molecule has 2 heterocycles. The van der Waals surface area contributed by atoms with E-state index < -0.39 is 12.0 Å². The average molecular weight is 331 g/mol. The molecule has 1 aromatic heterocycles. The van der Waals surface area contributed by atoms with E-state index in [1.807, 2.05) is 6.92 Å². The van der Waals surface area contributed by atoms with Gasteiger partial charge in [0.25, 0.3) is 5.91 Å². The summed E-state index contributed by atoms with van der Waals surface area (Å²) in [5.74, 6) is -0.924. The van der Waals surface area contributed by atoms with Gasteiger partial charge in [0.1, 0.15) is 11.7 Å². The zero-order valence-corrected chi connectivity index (χ0v) is 11.9. The molecule has 0 bridgehead atoms. The molecule has 1 aliphatic heterocycles. The Kier molecular flexibility index (Phi) is 3.91. The fraction of sp³-hybridized carbons (Fsp3) is 0.364. The van der Waals surface area contributed by atoms with E-state index >= 15 is 0 Å². The number of carboxylic acids is 1. The van der Waals surface area contributed by atoms with Gasteiger partial charge in [-0.3, -0.25) is 4.79 Å². The number of rotatable bonds is 2. The number of halogens is 1. The SMILES string of the molecule is CC1SCC(C(=O)O)N1C(=O)c1ncccc1Br. The van der Waals surface area contributed by atoms with E-state index in [0.29, 0.717) is 10.2 Å². The topological polar surface area (TPSA) is 70.5 Å². The van der Waals surface area contributed by atoms with Crippen LogP contribution in [-0.4, -0.2) is 44.0 Å². The number of thioether (sulfide) groups is 1. The Bertz CT molecular complexity index is 497. The van der Waals surface area contributed by atoms with E-state index in [4.69, 9.17) is 5.11 Å². The second kappa shape index (κ2) is 5.27. The van der Waals surface area contributed by atoms with E-state index in [0.717, 1.165) is 0 Å². The summed E-state index contributed by atoms with van der Waals surface area (Å²) in [5, 5.41) is 8.97. The molecular weight excluding hydrogens is 320 g/mol. The van der Waals surface area contributed by atoms with E-state index in [2.05, 4.69) is 20.9 Å². The van der Waals surface area contributed by atoms with Crippen molar-refractivity contribution < 1.29 is 14.7 Å². The Hall–Kier alpha value is -1.08.